The van der Waals surface area contributed by atoms with Crippen LogP contribution in [0.1, 0.15) is 41.5 Å². The molecular formula is C27H32Zr. The average molecular weight is 448 g/mol. The van der Waals surface area contributed by atoms with Crippen molar-refractivity contribution in [2.45, 2.75) is 41.5 Å². The first-order valence-electron chi connectivity index (χ1n) is 10.3. The van der Waals surface area contributed by atoms with Crippen LogP contribution in [0.5, 0.6) is 0 Å². The molecule has 0 aliphatic heterocycles. The van der Waals surface area contributed by atoms with Gasteiger partial charge in [-0.05, 0) is 0 Å². The summed E-state index contributed by atoms with van der Waals surface area (Å²) in [6.45, 7) is 13.6. The van der Waals surface area contributed by atoms with E-state index in [1.807, 2.05) is 0 Å². The molecule has 0 saturated heterocycles. The summed E-state index contributed by atoms with van der Waals surface area (Å²) in [4.78, 5) is 0. The Morgan fingerprint density at radius 2 is 1.25 bits per heavy atom. The van der Waals surface area contributed by atoms with Crippen LogP contribution in [-0.4, -0.2) is 0 Å². The van der Waals surface area contributed by atoms with E-state index in [2.05, 4.69) is 108 Å². The van der Waals surface area contributed by atoms with Gasteiger partial charge in [-0.2, -0.15) is 11.6 Å². The fourth-order valence-electron chi connectivity index (χ4n) is 3.85. The van der Waals surface area contributed by atoms with Gasteiger partial charge in [0.2, 0.25) is 0 Å². The minimum Gasteiger partial charge on any atom is -0.265 e. The van der Waals surface area contributed by atoms with E-state index in [1.165, 1.54) is 32.7 Å². The molecule has 0 N–H and O–H groups in total. The topological polar surface area (TPSA) is 0 Å². The van der Waals surface area contributed by atoms with E-state index in [0.717, 1.165) is 0 Å². The molecule has 0 bridgehead atoms. The summed E-state index contributed by atoms with van der Waals surface area (Å²) in [5.41, 5.74) is 2.98. The van der Waals surface area contributed by atoms with Gasteiger partial charge in [0.05, 0.1) is 0 Å². The van der Waals surface area contributed by atoms with E-state index in [0.29, 0.717) is 23.7 Å². The van der Waals surface area contributed by atoms with Crippen LogP contribution in [0.4, 0.5) is 0 Å². The molecule has 0 heterocycles. The largest absolute Gasteiger partial charge is 2.00 e. The van der Waals surface area contributed by atoms with Gasteiger partial charge in [-0.1, -0.05) is 102 Å². The van der Waals surface area contributed by atoms with Crippen molar-refractivity contribution >= 4 is 21.5 Å². The van der Waals surface area contributed by atoms with Gasteiger partial charge in [0.15, 0.2) is 0 Å². The Morgan fingerprint density at radius 3 is 1.64 bits per heavy atom. The maximum absolute atomic E-state index is 3.65. The SMILES string of the molecule is CC(C)C1=[C-]C(C(C)C)C=C1C(C)C.[Zr+2].c1ccc2c(c1)[cH-]c1ccccc12. The van der Waals surface area contributed by atoms with E-state index in [1.54, 1.807) is 0 Å². The molecule has 0 saturated carbocycles. The van der Waals surface area contributed by atoms with Gasteiger partial charge in [0.1, 0.15) is 0 Å². The number of benzene rings is 2. The van der Waals surface area contributed by atoms with E-state index >= 15 is 0 Å². The number of hydrogen-bond donors (Lipinski definition) is 0. The molecule has 4 rings (SSSR count). The fraction of sp³-hybridized carbons (Fsp3) is 0.370. The molecular weight excluding hydrogens is 416 g/mol. The second-order valence-corrected chi connectivity index (χ2v) is 8.58. The molecule has 0 aromatic heterocycles. The summed E-state index contributed by atoms with van der Waals surface area (Å²) >= 11 is 0. The molecule has 1 atom stereocenters. The molecule has 1 heteroatoms. The Kier molecular flexibility index (Phi) is 8.14. The molecule has 3 aromatic rings. The van der Waals surface area contributed by atoms with Crippen molar-refractivity contribution in [1.82, 2.24) is 0 Å². The van der Waals surface area contributed by atoms with Crippen molar-refractivity contribution in [2.75, 3.05) is 0 Å². The van der Waals surface area contributed by atoms with E-state index in [4.69, 9.17) is 0 Å². The van der Waals surface area contributed by atoms with Crippen LogP contribution < -0.4 is 0 Å². The summed E-state index contributed by atoms with van der Waals surface area (Å²) in [6, 6.07) is 19.3. The molecule has 3 aromatic carbocycles. The molecule has 0 radical (unpaired) electrons. The second-order valence-electron chi connectivity index (χ2n) is 8.58. The second kappa shape index (κ2) is 9.93. The van der Waals surface area contributed by atoms with Gasteiger partial charge in [-0.3, -0.25) is 6.08 Å². The number of rotatable bonds is 3. The van der Waals surface area contributed by atoms with Crippen LogP contribution in [0.3, 0.4) is 0 Å². The van der Waals surface area contributed by atoms with E-state index in [-0.39, 0.29) is 26.2 Å². The third-order valence-corrected chi connectivity index (χ3v) is 5.43. The van der Waals surface area contributed by atoms with Crippen LogP contribution in [-0.2, 0) is 26.2 Å². The first kappa shape index (κ1) is 23.0. The predicted octanol–water partition coefficient (Wildman–Crippen LogP) is 7.95. The molecule has 0 fully saturated rings. The van der Waals surface area contributed by atoms with Gasteiger partial charge >= 0.3 is 26.2 Å². The maximum atomic E-state index is 3.65. The minimum atomic E-state index is 0. The van der Waals surface area contributed by atoms with Crippen molar-refractivity contribution < 1.29 is 26.2 Å². The Labute approximate surface area is 190 Å². The van der Waals surface area contributed by atoms with Crippen molar-refractivity contribution in [3.63, 3.8) is 0 Å². The van der Waals surface area contributed by atoms with Crippen molar-refractivity contribution in [2.24, 2.45) is 23.7 Å². The van der Waals surface area contributed by atoms with Crippen LogP contribution in [0.25, 0.3) is 21.5 Å². The molecule has 28 heavy (non-hydrogen) atoms. The quantitative estimate of drug-likeness (QED) is 0.357. The minimum absolute atomic E-state index is 0. The average Bonchev–Trinajstić information content (AvgIpc) is 3.24. The smallest absolute Gasteiger partial charge is 0.265 e. The van der Waals surface area contributed by atoms with Crippen LogP contribution in [0.2, 0.25) is 0 Å². The van der Waals surface area contributed by atoms with Gasteiger partial charge in [-0.25, -0.2) is 5.57 Å². The molecule has 0 spiro atoms. The monoisotopic (exact) mass is 446 g/mol. The Bertz CT molecular complexity index is 892. The molecule has 1 aliphatic carbocycles. The summed E-state index contributed by atoms with van der Waals surface area (Å²) in [5, 5.41) is 5.39. The Balaban J connectivity index is 0.000000193. The summed E-state index contributed by atoms with van der Waals surface area (Å²) in [6.07, 6.45) is 6.07. The van der Waals surface area contributed by atoms with Crippen LogP contribution in [0.15, 0.2) is 71.8 Å². The van der Waals surface area contributed by atoms with Crippen LogP contribution in [0, 0.1) is 29.7 Å². The molecule has 1 aliphatic rings. The van der Waals surface area contributed by atoms with Crippen molar-refractivity contribution in [3.8, 4) is 0 Å². The Hall–Kier alpha value is -1.33. The summed E-state index contributed by atoms with van der Waals surface area (Å²) in [7, 11) is 0. The zero-order valence-electron chi connectivity index (χ0n) is 18.1. The molecule has 0 amide bonds. The van der Waals surface area contributed by atoms with Crippen molar-refractivity contribution in [3.05, 3.63) is 77.9 Å². The first-order chi connectivity index (χ1) is 12.9. The van der Waals surface area contributed by atoms with E-state index < -0.39 is 0 Å². The number of allylic oxidation sites excluding steroid dienone is 4. The number of fused-ring (bicyclic) bond motifs is 3. The molecule has 0 nitrogen and oxygen atoms in total. The van der Waals surface area contributed by atoms with Gasteiger partial charge < -0.3 is 0 Å². The zero-order chi connectivity index (χ0) is 19.6. The predicted molar refractivity (Wildman–Crippen MR) is 120 cm³/mol. The first-order valence-corrected chi connectivity index (χ1v) is 10.3. The fourth-order valence-corrected chi connectivity index (χ4v) is 3.85. The third kappa shape index (κ3) is 4.98. The Morgan fingerprint density at radius 1 is 0.750 bits per heavy atom. The van der Waals surface area contributed by atoms with Crippen molar-refractivity contribution in [1.29, 1.82) is 0 Å². The zero-order valence-corrected chi connectivity index (χ0v) is 20.5. The maximum Gasteiger partial charge on any atom is 2.00 e. The molecule has 1 unspecified atom stereocenters. The van der Waals surface area contributed by atoms with Crippen LogP contribution >= 0.6 is 0 Å². The van der Waals surface area contributed by atoms with E-state index in [9.17, 15) is 0 Å². The number of hydrogen-bond acceptors (Lipinski definition) is 0. The van der Waals surface area contributed by atoms with Gasteiger partial charge in [0, 0.05) is 0 Å². The summed E-state index contributed by atoms with van der Waals surface area (Å²) in [5.74, 6) is 2.49. The third-order valence-electron chi connectivity index (χ3n) is 5.43. The van der Waals surface area contributed by atoms with Gasteiger partial charge in [0.25, 0.3) is 0 Å². The standard InChI is InChI=1S/C14H23.C13H9.Zr/c1-9(2)12-7-13(10(3)4)14(8-12)11(5)6;1-3-7-12-10(5-1)9-11-6-2-4-8-13(11)12;/h7,9-12H,1-6H3;1-9H;/q2*-1;+2. The normalized spacial score (nSPS) is 16.2. The summed E-state index contributed by atoms with van der Waals surface area (Å²) < 4.78 is 0. The van der Waals surface area contributed by atoms with Gasteiger partial charge in [-0.15, -0.1) is 39.7 Å². The molecule has 144 valence electrons.